The van der Waals surface area contributed by atoms with Gasteiger partial charge in [0.25, 0.3) is 0 Å². The first-order valence-electron chi connectivity index (χ1n) is 18.3. The summed E-state index contributed by atoms with van der Waals surface area (Å²) in [6, 6.07) is 0.854. The number of rotatable bonds is 4. The molecule has 0 aromatic rings. The second kappa shape index (κ2) is 11.2. The highest BCUT2D eigenvalue weighted by atomic mass is 16.7. The van der Waals surface area contributed by atoms with Crippen LogP contribution in [0, 0.1) is 52.3 Å². The molecular formula is C36H61N3O3. The first kappa shape index (κ1) is 29.8. The van der Waals surface area contributed by atoms with Crippen LogP contribution in [0.3, 0.4) is 0 Å². The molecule has 2 saturated heterocycles. The fourth-order valence-electron chi connectivity index (χ4n) is 12.6. The lowest BCUT2D eigenvalue weighted by Gasteiger charge is -2.61. The van der Waals surface area contributed by atoms with Crippen LogP contribution in [0.25, 0.3) is 0 Å². The van der Waals surface area contributed by atoms with Gasteiger partial charge in [-0.15, -0.1) is 0 Å². The smallest absolute Gasteiger partial charge is 0.317 e. The highest BCUT2D eigenvalue weighted by molar-refractivity contribution is 5.75. The van der Waals surface area contributed by atoms with Crippen LogP contribution in [-0.4, -0.2) is 54.6 Å². The Hall–Kier alpha value is -0.850. The van der Waals surface area contributed by atoms with Crippen molar-refractivity contribution < 1.29 is 14.3 Å². The molecule has 0 aromatic carbocycles. The quantitative estimate of drug-likeness (QED) is 0.370. The van der Waals surface area contributed by atoms with Gasteiger partial charge in [-0.05, 0) is 117 Å². The zero-order valence-electron chi connectivity index (χ0n) is 27.3. The van der Waals surface area contributed by atoms with E-state index in [4.69, 9.17) is 15.2 Å². The molecule has 42 heavy (non-hydrogen) atoms. The van der Waals surface area contributed by atoms with Gasteiger partial charge < -0.3 is 25.4 Å². The molecule has 12 atom stereocenters. The van der Waals surface area contributed by atoms with Gasteiger partial charge in [-0.25, -0.2) is 4.79 Å². The van der Waals surface area contributed by atoms with Crippen molar-refractivity contribution in [3.63, 3.8) is 0 Å². The minimum absolute atomic E-state index is 0.156. The largest absolute Gasteiger partial charge is 0.349 e. The van der Waals surface area contributed by atoms with Crippen molar-refractivity contribution in [2.45, 2.75) is 148 Å². The summed E-state index contributed by atoms with van der Waals surface area (Å²) in [6.07, 6.45) is 19.0. The van der Waals surface area contributed by atoms with Crippen LogP contribution in [0.5, 0.6) is 0 Å². The van der Waals surface area contributed by atoms with Crippen molar-refractivity contribution >= 4 is 6.03 Å². The summed E-state index contributed by atoms with van der Waals surface area (Å²) in [5, 5.41) is 3.53. The first-order chi connectivity index (χ1) is 20.2. The van der Waals surface area contributed by atoms with Crippen LogP contribution in [0.1, 0.15) is 124 Å². The molecule has 2 heterocycles. The normalized spacial score (nSPS) is 50.5. The Morgan fingerprint density at radius 1 is 0.905 bits per heavy atom. The zero-order chi connectivity index (χ0) is 29.3. The van der Waals surface area contributed by atoms with E-state index in [-0.39, 0.29) is 11.8 Å². The summed E-state index contributed by atoms with van der Waals surface area (Å²) in [6.45, 7) is 12.2. The Bertz CT molecular complexity index is 991. The second-order valence-corrected chi connectivity index (χ2v) is 16.9. The molecule has 7 fully saturated rings. The van der Waals surface area contributed by atoms with E-state index in [2.05, 4.69) is 37.9 Å². The monoisotopic (exact) mass is 583 g/mol. The minimum Gasteiger partial charge on any atom is -0.349 e. The van der Waals surface area contributed by atoms with Gasteiger partial charge in [0.1, 0.15) is 0 Å². The van der Waals surface area contributed by atoms with Crippen molar-refractivity contribution in [2.75, 3.05) is 19.7 Å². The molecule has 0 aromatic heterocycles. The molecule has 238 valence electrons. The van der Waals surface area contributed by atoms with Gasteiger partial charge in [-0.3, -0.25) is 0 Å². The molecule has 0 bridgehead atoms. The van der Waals surface area contributed by atoms with E-state index in [1.165, 1.54) is 64.2 Å². The number of carbonyl (C=O) groups excluding carboxylic acids is 1. The zero-order valence-corrected chi connectivity index (χ0v) is 27.3. The lowest BCUT2D eigenvalue weighted by atomic mass is 9.44. The molecule has 3 N–H and O–H groups in total. The highest BCUT2D eigenvalue weighted by Crippen LogP contribution is 2.71. The molecule has 5 aliphatic carbocycles. The summed E-state index contributed by atoms with van der Waals surface area (Å²) >= 11 is 0. The second-order valence-electron chi connectivity index (χ2n) is 16.9. The third-order valence-electron chi connectivity index (χ3n) is 14.9. The van der Waals surface area contributed by atoms with Gasteiger partial charge in [0, 0.05) is 37.5 Å². The van der Waals surface area contributed by atoms with Gasteiger partial charge in [0.15, 0.2) is 5.79 Å². The summed E-state index contributed by atoms with van der Waals surface area (Å²) in [5.41, 5.74) is 6.77. The number of urea groups is 1. The average Bonchev–Trinajstić information content (AvgIpc) is 3.43. The summed E-state index contributed by atoms with van der Waals surface area (Å²) < 4.78 is 13.5. The number of hydrogen-bond acceptors (Lipinski definition) is 4. The van der Waals surface area contributed by atoms with Crippen LogP contribution >= 0.6 is 0 Å². The SMILES string of the molecule is C[C@H]1CC[C@@]2(OC1)O[C@H]1C[C@H]3[C@@H]4CC[C@@H]5C[C@H](NC(=O)N(CCN)C6CCCCC6)CC[C@]5(C)[C@H]4CC[C@]3(C)[C@H]1[C@@H]2C. The van der Waals surface area contributed by atoms with Crippen LogP contribution in [0.4, 0.5) is 4.79 Å². The lowest BCUT2D eigenvalue weighted by Crippen LogP contribution is -2.57. The Labute approximate surface area is 256 Å². The van der Waals surface area contributed by atoms with E-state index in [1.54, 1.807) is 0 Å². The Morgan fingerprint density at radius 2 is 1.69 bits per heavy atom. The van der Waals surface area contributed by atoms with Crippen LogP contribution < -0.4 is 11.1 Å². The average molecular weight is 584 g/mol. The van der Waals surface area contributed by atoms with Crippen molar-refractivity contribution in [2.24, 2.45) is 58.0 Å². The maximum Gasteiger partial charge on any atom is 0.317 e. The number of amides is 2. The van der Waals surface area contributed by atoms with Crippen molar-refractivity contribution in [1.29, 1.82) is 0 Å². The first-order valence-corrected chi connectivity index (χ1v) is 18.3. The van der Waals surface area contributed by atoms with Crippen molar-refractivity contribution in [3.05, 3.63) is 0 Å². The minimum atomic E-state index is -0.310. The van der Waals surface area contributed by atoms with E-state index in [0.717, 1.165) is 62.4 Å². The predicted octanol–water partition coefficient (Wildman–Crippen LogP) is 7.10. The Kier molecular flexibility index (Phi) is 7.95. The summed E-state index contributed by atoms with van der Waals surface area (Å²) in [7, 11) is 0. The fourth-order valence-corrected chi connectivity index (χ4v) is 12.6. The summed E-state index contributed by atoms with van der Waals surface area (Å²) in [5.74, 6) is 4.70. The third-order valence-corrected chi connectivity index (χ3v) is 14.9. The topological polar surface area (TPSA) is 76.8 Å². The number of fused-ring (bicyclic) bond motifs is 7. The maximum atomic E-state index is 13.5. The Balaban J connectivity index is 1.01. The molecule has 0 radical (unpaired) electrons. The molecule has 7 aliphatic rings. The number of ether oxygens (including phenoxy) is 2. The molecule has 0 unspecified atom stereocenters. The van der Waals surface area contributed by atoms with E-state index < -0.39 is 0 Å². The van der Waals surface area contributed by atoms with Crippen LogP contribution in [0.2, 0.25) is 0 Å². The molecule has 7 rings (SSSR count). The lowest BCUT2D eigenvalue weighted by molar-refractivity contribution is -0.273. The summed E-state index contributed by atoms with van der Waals surface area (Å²) in [4.78, 5) is 15.6. The van der Waals surface area contributed by atoms with Crippen LogP contribution in [-0.2, 0) is 9.47 Å². The third kappa shape index (κ3) is 4.70. The molecule has 2 amide bonds. The van der Waals surface area contributed by atoms with Gasteiger partial charge in [0.05, 0.1) is 12.7 Å². The van der Waals surface area contributed by atoms with Gasteiger partial charge in [-0.2, -0.15) is 0 Å². The molecule has 6 heteroatoms. The number of carbonyl (C=O) groups is 1. The van der Waals surface area contributed by atoms with Gasteiger partial charge >= 0.3 is 6.03 Å². The number of nitrogens with one attached hydrogen (secondary N) is 1. The standard InChI is InChI=1S/C36H61N3O3/c1-23-12-17-36(41-22-23)24(2)32-31(42-36)21-30-28-11-10-25-20-26(13-15-34(25,3)29(28)14-16-35(30,32)4)38-33(40)39(19-18-37)27-8-6-5-7-9-27/h23-32H,5-22,37H2,1-4H3,(H,38,40)/t23-,24-,25+,26+,28+,29-,30-,31-,32-,34-,35-,36+/m0/s1. The predicted molar refractivity (Wildman–Crippen MR) is 167 cm³/mol. The van der Waals surface area contributed by atoms with E-state index in [9.17, 15) is 4.79 Å². The number of hydrogen-bond donors (Lipinski definition) is 2. The number of nitrogens with two attached hydrogens (primary N) is 1. The molecular weight excluding hydrogens is 522 g/mol. The van der Waals surface area contributed by atoms with Crippen molar-refractivity contribution in [3.8, 4) is 0 Å². The van der Waals surface area contributed by atoms with Gasteiger partial charge in [0.2, 0.25) is 0 Å². The molecule has 5 saturated carbocycles. The highest BCUT2D eigenvalue weighted by Gasteiger charge is 2.69. The van der Waals surface area contributed by atoms with Crippen molar-refractivity contribution in [1.82, 2.24) is 10.2 Å². The van der Waals surface area contributed by atoms with E-state index in [0.29, 0.717) is 59.9 Å². The number of nitrogens with zero attached hydrogens (tertiary/aromatic N) is 1. The van der Waals surface area contributed by atoms with E-state index in [1.807, 2.05) is 0 Å². The van der Waals surface area contributed by atoms with E-state index >= 15 is 0 Å². The Morgan fingerprint density at radius 3 is 2.43 bits per heavy atom. The molecule has 2 aliphatic heterocycles. The maximum absolute atomic E-state index is 13.5. The molecule has 6 nitrogen and oxygen atoms in total. The molecule has 1 spiro atoms. The van der Waals surface area contributed by atoms with Gasteiger partial charge in [-0.1, -0.05) is 47.0 Å². The fraction of sp³-hybridized carbons (Fsp3) is 0.972. The van der Waals surface area contributed by atoms with Crippen LogP contribution in [0.15, 0.2) is 0 Å².